The van der Waals surface area contributed by atoms with Gasteiger partial charge < -0.3 is 25.0 Å². The quantitative estimate of drug-likeness (QED) is 0.448. The van der Waals surface area contributed by atoms with Crippen LogP contribution in [0.4, 0.5) is 0 Å². The predicted molar refractivity (Wildman–Crippen MR) is 124 cm³/mol. The molecule has 0 bridgehead atoms. The van der Waals surface area contributed by atoms with Crippen LogP contribution in [-0.2, 0) is 4.74 Å². The van der Waals surface area contributed by atoms with Crippen molar-refractivity contribution in [1.29, 1.82) is 0 Å². The summed E-state index contributed by atoms with van der Waals surface area (Å²) in [6, 6.07) is 8.28. The summed E-state index contributed by atoms with van der Waals surface area (Å²) >= 11 is 0. The molecule has 0 amide bonds. The number of hydrogen-bond donors (Lipinski definition) is 2. The summed E-state index contributed by atoms with van der Waals surface area (Å²) in [5.41, 5.74) is 1.14. The molecular weight excluding hydrogens is 378 g/mol. The average Bonchev–Trinajstić information content (AvgIpc) is 2.72. The minimum atomic E-state index is 0.129. The Kier molecular flexibility index (Phi) is 10.4. The molecule has 1 saturated heterocycles. The number of ether oxygens (including phenoxy) is 2. The van der Waals surface area contributed by atoms with Crippen LogP contribution in [0.5, 0.6) is 5.75 Å². The topological polar surface area (TPSA) is 61.4 Å². The number of nitrogens with zero attached hydrogens (tertiary/aromatic N) is 3. The fourth-order valence-electron chi connectivity index (χ4n) is 3.80. The van der Waals surface area contributed by atoms with Gasteiger partial charge in [0.05, 0.1) is 32.4 Å². The lowest BCUT2D eigenvalue weighted by Gasteiger charge is -2.34. The van der Waals surface area contributed by atoms with Crippen LogP contribution in [0.1, 0.15) is 32.4 Å². The van der Waals surface area contributed by atoms with Crippen LogP contribution in [0.2, 0.25) is 0 Å². The molecule has 0 saturated carbocycles. The van der Waals surface area contributed by atoms with Gasteiger partial charge in [-0.05, 0) is 33.0 Å². The van der Waals surface area contributed by atoms with Crippen molar-refractivity contribution in [3.63, 3.8) is 0 Å². The number of para-hydroxylation sites is 1. The van der Waals surface area contributed by atoms with Gasteiger partial charge in [0.15, 0.2) is 5.96 Å². The smallest absolute Gasteiger partial charge is 0.191 e. The molecule has 30 heavy (non-hydrogen) atoms. The number of methoxy groups -OCH3 is 1. The lowest BCUT2D eigenvalue weighted by molar-refractivity contribution is -0.0284. The summed E-state index contributed by atoms with van der Waals surface area (Å²) in [4.78, 5) is 9.54. The van der Waals surface area contributed by atoms with E-state index in [1.54, 1.807) is 7.11 Å². The Bertz CT molecular complexity index is 650. The lowest BCUT2D eigenvalue weighted by atomic mass is 10.0. The zero-order valence-corrected chi connectivity index (χ0v) is 19.6. The molecule has 2 atom stereocenters. The number of hydrogen-bond acceptors (Lipinski definition) is 5. The fraction of sp³-hybridized carbons (Fsp3) is 0.696. The molecule has 1 aromatic carbocycles. The molecule has 0 radical (unpaired) electrons. The Morgan fingerprint density at radius 3 is 2.73 bits per heavy atom. The summed E-state index contributed by atoms with van der Waals surface area (Å²) < 4.78 is 11.5. The molecule has 2 unspecified atom stereocenters. The van der Waals surface area contributed by atoms with Gasteiger partial charge in [-0.25, -0.2) is 0 Å². The van der Waals surface area contributed by atoms with E-state index in [0.29, 0.717) is 12.5 Å². The Hall–Kier alpha value is -1.83. The highest BCUT2D eigenvalue weighted by molar-refractivity contribution is 5.79. The second kappa shape index (κ2) is 12.8. The van der Waals surface area contributed by atoms with Crippen molar-refractivity contribution in [2.45, 2.75) is 32.9 Å². The van der Waals surface area contributed by atoms with E-state index in [-0.39, 0.29) is 12.1 Å². The van der Waals surface area contributed by atoms with Crippen molar-refractivity contribution in [2.75, 3.05) is 67.1 Å². The van der Waals surface area contributed by atoms with Crippen molar-refractivity contribution in [3.8, 4) is 5.75 Å². The predicted octanol–water partition coefficient (Wildman–Crippen LogP) is 2.21. The van der Waals surface area contributed by atoms with E-state index in [0.717, 1.165) is 56.6 Å². The summed E-state index contributed by atoms with van der Waals surface area (Å²) in [6.45, 7) is 12.7. The summed E-state index contributed by atoms with van der Waals surface area (Å²) in [5, 5.41) is 6.84. The molecule has 0 aliphatic carbocycles. The van der Waals surface area contributed by atoms with Gasteiger partial charge in [-0.1, -0.05) is 32.0 Å². The number of likely N-dealkylation sites (N-methyl/N-ethyl adjacent to an activating group) is 1. The van der Waals surface area contributed by atoms with Crippen molar-refractivity contribution in [3.05, 3.63) is 29.8 Å². The third-order valence-electron chi connectivity index (χ3n) is 5.23. The number of nitrogens with one attached hydrogen (secondary N) is 2. The zero-order chi connectivity index (χ0) is 21.9. The first-order valence-corrected chi connectivity index (χ1v) is 11.1. The van der Waals surface area contributed by atoms with E-state index < -0.39 is 0 Å². The second-order valence-electron chi connectivity index (χ2n) is 8.47. The Labute approximate surface area is 182 Å². The third-order valence-corrected chi connectivity index (χ3v) is 5.23. The molecular formula is C23H41N5O2. The van der Waals surface area contributed by atoms with Gasteiger partial charge in [0.1, 0.15) is 5.75 Å². The van der Waals surface area contributed by atoms with Crippen molar-refractivity contribution in [1.82, 2.24) is 20.4 Å². The van der Waals surface area contributed by atoms with E-state index >= 15 is 0 Å². The molecule has 1 aliphatic rings. The molecule has 0 spiro atoms. The maximum atomic E-state index is 5.97. The number of rotatable bonds is 10. The lowest BCUT2D eigenvalue weighted by Crippen LogP contribution is -2.50. The Balaban J connectivity index is 2.00. The monoisotopic (exact) mass is 419 g/mol. The average molecular weight is 420 g/mol. The first-order chi connectivity index (χ1) is 14.4. The molecule has 2 N–H and O–H groups in total. The highest BCUT2D eigenvalue weighted by Crippen LogP contribution is 2.28. The molecule has 7 nitrogen and oxygen atoms in total. The van der Waals surface area contributed by atoms with Gasteiger partial charge in [-0.3, -0.25) is 9.89 Å². The third kappa shape index (κ3) is 7.78. The van der Waals surface area contributed by atoms with Gasteiger partial charge in [-0.15, -0.1) is 0 Å². The van der Waals surface area contributed by atoms with Crippen LogP contribution in [0, 0.1) is 5.92 Å². The second-order valence-corrected chi connectivity index (χ2v) is 8.47. The van der Waals surface area contributed by atoms with E-state index in [2.05, 4.69) is 61.4 Å². The van der Waals surface area contributed by atoms with E-state index in [9.17, 15) is 0 Å². The van der Waals surface area contributed by atoms with E-state index in [1.807, 2.05) is 18.2 Å². The molecule has 7 heteroatoms. The van der Waals surface area contributed by atoms with Gasteiger partial charge in [0, 0.05) is 38.3 Å². The zero-order valence-electron chi connectivity index (χ0n) is 19.6. The first-order valence-electron chi connectivity index (χ1n) is 11.1. The Morgan fingerprint density at radius 2 is 2.07 bits per heavy atom. The van der Waals surface area contributed by atoms with Crippen LogP contribution >= 0.6 is 0 Å². The Morgan fingerprint density at radius 1 is 1.30 bits per heavy atom. The summed E-state index contributed by atoms with van der Waals surface area (Å²) in [7, 11) is 5.87. The van der Waals surface area contributed by atoms with E-state index in [4.69, 9.17) is 14.5 Å². The van der Waals surface area contributed by atoms with Gasteiger partial charge in [-0.2, -0.15) is 0 Å². The normalized spacial score (nSPS) is 19.2. The largest absolute Gasteiger partial charge is 0.496 e. The highest BCUT2D eigenvalue weighted by atomic mass is 16.5. The SMILES string of the molecule is CCNC(=NCC(c1ccccc1OC)N(C)C)NCC1CN(CC(C)C)CCO1. The van der Waals surface area contributed by atoms with E-state index in [1.165, 1.54) is 0 Å². The number of guanidine groups is 1. The maximum Gasteiger partial charge on any atom is 0.191 e. The molecule has 1 heterocycles. The highest BCUT2D eigenvalue weighted by Gasteiger charge is 2.22. The summed E-state index contributed by atoms with van der Waals surface area (Å²) in [6.07, 6.45) is 0.181. The van der Waals surface area contributed by atoms with Gasteiger partial charge in [0.25, 0.3) is 0 Å². The number of morpholine rings is 1. The number of benzene rings is 1. The fourth-order valence-corrected chi connectivity index (χ4v) is 3.80. The van der Waals surface area contributed by atoms with Crippen LogP contribution in [0.15, 0.2) is 29.3 Å². The van der Waals surface area contributed by atoms with Crippen LogP contribution in [-0.4, -0.2) is 88.9 Å². The number of aliphatic imine (C=N–C) groups is 1. The van der Waals surface area contributed by atoms with Gasteiger partial charge >= 0.3 is 0 Å². The van der Waals surface area contributed by atoms with Crippen molar-refractivity contribution >= 4 is 5.96 Å². The minimum absolute atomic E-state index is 0.129. The molecule has 1 fully saturated rings. The molecule has 1 aromatic rings. The molecule has 170 valence electrons. The van der Waals surface area contributed by atoms with Gasteiger partial charge in [0.2, 0.25) is 0 Å². The van der Waals surface area contributed by atoms with Crippen LogP contribution in [0.25, 0.3) is 0 Å². The standard InChI is InChI=1S/C23H41N5O2/c1-7-24-23(25-14-19-17-28(12-13-30-19)16-18(2)3)26-15-21(27(4)5)20-10-8-9-11-22(20)29-6/h8-11,18-19,21H,7,12-17H2,1-6H3,(H2,24,25,26). The van der Waals surface area contributed by atoms with Crippen molar-refractivity contribution < 1.29 is 9.47 Å². The minimum Gasteiger partial charge on any atom is -0.496 e. The molecule has 2 rings (SSSR count). The molecule has 1 aliphatic heterocycles. The molecule has 0 aromatic heterocycles. The van der Waals surface area contributed by atoms with Crippen molar-refractivity contribution in [2.24, 2.45) is 10.9 Å². The summed E-state index contributed by atoms with van der Waals surface area (Å²) in [5.74, 6) is 2.39. The van der Waals surface area contributed by atoms with Crippen LogP contribution in [0.3, 0.4) is 0 Å². The maximum absolute atomic E-state index is 5.97. The van der Waals surface area contributed by atoms with Crippen LogP contribution < -0.4 is 15.4 Å². The first kappa shape index (κ1) is 24.4.